The molecule has 32 heavy (non-hydrogen) atoms. The van der Waals surface area contributed by atoms with E-state index in [0.717, 1.165) is 54.3 Å². The summed E-state index contributed by atoms with van der Waals surface area (Å²) in [5.74, 6) is 0.452. The van der Waals surface area contributed by atoms with Crippen LogP contribution >= 0.6 is 0 Å². The molecule has 0 amide bonds. The second-order valence-corrected chi connectivity index (χ2v) is 8.13. The number of nitriles is 1. The fourth-order valence-electron chi connectivity index (χ4n) is 4.59. The first-order valence-corrected chi connectivity index (χ1v) is 10.6. The standard InChI is InChI=1S/C24H20FN7/c25-20-11-21-19(10-22(20)30-7-5-27-6-8-30)14-31-13-18(17-3-1-16(12-26)2-4-17)9-23(31)24-29-28-15-32(21)24/h1-4,9-11,13,15,27H,5-8,14H2. The van der Waals surface area contributed by atoms with Crippen LogP contribution in [-0.4, -0.2) is 45.5 Å². The van der Waals surface area contributed by atoms with Crippen molar-refractivity contribution in [1.29, 1.82) is 5.26 Å². The lowest BCUT2D eigenvalue weighted by atomic mass is 10.1. The highest BCUT2D eigenvalue weighted by Gasteiger charge is 2.25. The lowest BCUT2D eigenvalue weighted by Gasteiger charge is -2.30. The smallest absolute Gasteiger partial charge is 0.185 e. The lowest BCUT2D eigenvalue weighted by Crippen LogP contribution is -2.44. The van der Waals surface area contributed by atoms with Gasteiger partial charge in [-0.15, -0.1) is 10.2 Å². The minimum Gasteiger partial charge on any atom is -0.367 e. The third kappa shape index (κ3) is 2.98. The van der Waals surface area contributed by atoms with Crippen molar-refractivity contribution in [2.24, 2.45) is 0 Å². The van der Waals surface area contributed by atoms with E-state index in [-0.39, 0.29) is 5.82 Å². The maximum absolute atomic E-state index is 15.2. The number of hydrogen-bond acceptors (Lipinski definition) is 5. The van der Waals surface area contributed by atoms with Crippen LogP contribution in [0.4, 0.5) is 10.1 Å². The van der Waals surface area contributed by atoms with Gasteiger partial charge in [0.2, 0.25) is 0 Å². The second-order valence-electron chi connectivity index (χ2n) is 8.13. The van der Waals surface area contributed by atoms with Gasteiger partial charge in [0.1, 0.15) is 12.1 Å². The highest BCUT2D eigenvalue weighted by Crippen LogP contribution is 2.36. The highest BCUT2D eigenvalue weighted by molar-refractivity contribution is 5.72. The van der Waals surface area contributed by atoms with E-state index >= 15 is 4.39 Å². The van der Waals surface area contributed by atoms with Gasteiger partial charge >= 0.3 is 0 Å². The van der Waals surface area contributed by atoms with Crippen LogP contribution in [0.15, 0.2) is 55.0 Å². The topological polar surface area (TPSA) is 74.7 Å². The van der Waals surface area contributed by atoms with E-state index in [1.165, 1.54) is 0 Å². The number of anilines is 1. The molecule has 2 aromatic heterocycles. The molecule has 4 aromatic rings. The molecule has 8 heteroatoms. The number of halogens is 1. The maximum atomic E-state index is 15.2. The summed E-state index contributed by atoms with van der Waals surface area (Å²) in [7, 11) is 0. The SMILES string of the molecule is N#Cc1ccc(-c2cc3n(c2)Cc2cc(N4CCNCC4)c(F)cc2-n2cnnc2-3)cc1. The van der Waals surface area contributed by atoms with E-state index in [0.29, 0.717) is 23.6 Å². The average Bonchev–Trinajstić information content (AvgIpc) is 3.45. The van der Waals surface area contributed by atoms with Crippen molar-refractivity contribution in [2.75, 3.05) is 31.1 Å². The summed E-state index contributed by atoms with van der Waals surface area (Å²) in [6.45, 7) is 3.86. The first kappa shape index (κ1) is 18.8. The molecule has 4 heterocycles. The first-order valence-electron chi connectivity index (χ1n) is 10.6. The molecule has 6 rings (SSSR count). The van der Waals surface area contributed by atoms with Crippen LogP contribution in [-0.2, 0) is 6.54 Å². The van der Waals surface area contributed by atoms with Gasteiger partial charge in [0, 0.05) is 50.6 Å². The predicted molar refractivity (Wildman–Crippen MR) is 119 cm³/mol. The average molecular weight is 425 g/mol. The zero-order valence-electron chi connectivity index (χ0n) is 17.3. The van der Waals surface area contributed by atoms with Crippen molar-refractivity contribution < 1.29 is 4.39 Å². The number of aromatic nitrogens is 4. The summed E-state index contributed by atoms with van der Waals surface area (Å²) in [5, 5.41) is 20.8. The molecule has 0 unspecified atom stereocenters. The largest absolute Gasteiger partial charge is 0.367 e. The minimum absolute atomic E-state index is 0.227. The Balaban J connectivity index is 1.46. The van der Waals surface area contributed by atoms with Gasteiger partial charge in [-0.25, -0.2) is 4.39 Å². The van der Waals surface area contributed by atoms with Crippen LogP contribution in [0.2, 0.25) is 0 Å². The monoisotopic (exact) mass is 425 g/mol. The molecule has 2 aromatic carbocycles. The van der Waals surface area contributed by atoms with Gasteiger partial charge in [0.15, 0.2) is 5.82 Å². The molecule has 2 aliphatic heterocycles. The molecule has 1 N–H and O–H groups in total. The van der Waals surface area contributed by atoms with E-state index in [2.05, 4.69) is 43.3 Å². The molecule has 0 atom stereocenters. The molecule has 1 fully saturated rings. The summed E-state index contributed by atoms with van der Waals surface area (Å²) in [6, 6.07) is 15.3. The van der Waals surface area contributed by atoms with E-state index in [1.807, 2.05) is 34.9 Å². The Morgan fingerprint density at radius 2 is 1.81 bits per heavy atom. The second kappa shape index (κ2) is 7.32. The number of benzene rings is 2. The van der Waals surface area contributed by atoms with Crippen molar-refractivity contribution in [3.63, 3.8) is 0 Å². The van der Waals surface area contributed by atoms with Gasteiger partial charge in [-0.1, -0.05) is 12.1 Å². The summed E-state index contributed by atoms with van der Waals surface area (Å²) < 4.78 is 19.2. The number of nitrogens with one attached hydrogen (secondary N) is 1. The number of piperazine rings is 1. The Kier molecular flexibility index (Phi) is 4.30. The number of nitrogens with zero attached hydrogens (tertiary/aromatic N) is 6. The van der Waals surface area contributed by atoms with Crippen molar-refractivity contribution in [2.45, 2.75) is 6.54 Å². The van der Waals surface area contributed by atoms with Crippen LogP contribution in [0.5, 0.6) is 0 Å². The van der Waals surface area contributed by atoms with Gasteiger partial charge in [0.25, 0.3) is 0 Å². The van der Waals surface area contributed by atoms with Crippen molar-refractivity contribution >= 4 is 5.69 Å². The molecule has 0 spiro atoms. The van der Waals surface area contributed by atoms with Crippen LogP contribution in [0.1, 0.15) is 11.1 Å². The molecular weight excluding hydrogens is 405 g/mol. The zero-order valence-corrected chi connectivity index (χ0v) is 17.3. The summed E-state index contributed by atoms with van der Waals surface area (Å²) in [4.78, 5) is 2.10. The molecule has 2 aliphatic rings. The third-order valence-electron chi connectivity index (χ3n) is 6.23. The zero-order chi connectivity index (χ0) is 21.7. The fraction of sp³-hybridized carbons (Fsp3) is 0.208. The van der Waals surface area contributed by atoms with Crippen LogP contribution in [0.25, 0.3) is 28.3 Å². The Bertz CT molecular complexity index is 1350. The number of hydrogen-bond donors (Lipinski definition) is 1. The molecule has 0 saturated carbocycles. The Morgan fingerprint density at radius 3 is 2.59 bits per heavy atom. The summed E-state index contributed by atoms with van der Waals surface area (Å²) >= 11 is 0. The minimum atomic E-state index is -0.227. The predicted octanol–water partition coefficient (Wildman–Crippen LogP) is 3.18. The third-order valence-corrected chi connectivity index (χ3v) is 6.23. The Morgan fingerprint density at radius 1 is 1.00 bits per heavy atom. The van der Waals surface area contributed by atoms with Gasteiger partial charge < -0.3 is 14.8 Å². The molecule has 0 aliphatic carbocycles. The van der Waals surface area contributed by atoms with Gasteiger partial charge in [-0.05, 0) is 35.4 Å². The molecule has 158 valence electrons. The van der Waals surface area contributed by atoms with Gasteiger partial charge in [0.05, 0.1) is 28.7 Å². The van der Waals surface area contributed by atoms with E-state index in [4.69, 9.17) is 5.26 Å². The van der Waals surface area contributed by atoms with Crippen molar-refractivity contribution in [3.05, 3.63) is 71.9 Å². The highest BCUT2D eigenvalue weighted by atomic mass is 19.1. The molecule has 0 bridgehead atoms. The van der Waals surface area contributed by atoms with E-state index in [9.17, 15) is 0 Å². The molecule has 1 saturated heterocycles. The van der Waals surface area contributed by atoms with Crippen molar-refractivity contribution in [1.82, 2.24) is 24.6 Å². The molecular formula is C24H20FN7. The summed E-state index contributed by atoms with van der Waals surface area (Å²) in [6.07, 6.45) is 3.72. The van der Waals surface area contributed by atoms with Gasteiger partial charge in [-0.2, -0.15) is 5.26 Å². The lowest BCUT2D eigenvalue weighted by molar-refractivity contribution is 0.565. The molecule has 0 radical (unpaired) electrons. The quantitative estimate of drug-likeness (QED) is 0.470. The number of rotatable bonds is 2. The number of fused-ring (bicyclic) bond motifs is 5. The first-order chi connectivity index (χ1) is 15.7. The summed E-state index contributed by atoms with van der Waals surface area (Å²) in [5.41, 5.74) is 6.03. The molecule has 7 nitrogen and oxygen atoms in total. The van der Waals surface area contributed by atoms with Gasteiger partial charge in [-0.3, -0.25) is 4.57 Å². The van der Waals surface area contributed by atoms with E-state index < -0.39 is 0 Å². The van der Waals surface area contributed by atoms with E-state index in [1.54, 1.807) is 12.4 Å². The Hall–Kier alpha value is -3.96. The van der Waals surface area contributed by atoms with Crippen LogP contribution in [0, 0.1) is 17.1 Å². The fourth-order valence-corrected chi connectivity index (χ4v) is 4.59. The van der Waals surface area contributed by atoms with Crippen LogP contribution < -0.4 is 10.2 Å². The Labute approximate surface area is 184 Å². The van der Waals surface area contributed by atoms with Crippen molar-refractivity contribution in [3.8, 4) is 34.4 Å². The maximum Gasteiger partial charge on any atom is 0.185 e. The normalized spacial score (nSPS) is 14.8. The van der Waals surface area contributed by atoms with Crippen LogP contribution in [0.3, 0.4) is 0 Å².